The molecule has 6 rings (SSSR count). The number of ether oxygens (including phenoxy) is 4. The summed E-state index contributed by atoms with van der Waals surface area (Å²) in [5.74, 6) is 9.16. The molecule has 11 heteroatoms. The van der Waals surface area contributed by atoms with E-state index in [2.05, 4.69) is 61.4 Å². The molecule has 57 heavy (non-hydrogen) atoms. The van der Waals surface area contributed by atoms with Gasteiger partial charge in [0.05, 0.1) is 13.2 Å². The van der Waals surface area contributed by atoms with E-state index in [4.69, 9.17) is 15.9 Å². The third kappa shape index (κ3) is 15.3. The van der Waals surface area contributed by atoms with E-state index in [0.717, 1.165) is 46.9 Å². The van der Waals surface area contributed by atoms with Gasteiger partial charge in [-0.2, -0.15) is 17.6 Å². The van der Waals surface area contributed by atoms with Gasteiger partial charge >= 0.3 is 25.2 Å². The number of carbonyl (C=O) groups is 2. The molecular weight excluding hydrogens is 804 g/mol. The highest BCUT2D eigenvalue weighted by atomic mass is 79.9. The maximum atomic E-state index is 12.2. The van der Waals surface area contributed by atoms with Gasteiger partial charge in [-0.05, 0) is 135 Å². The molecule has 0 atom stereocenters. The zero-order valence-corrected chi connectivity index (χ0v) is 32.9. The Morgan fingerprint density at radius 3 is 1.54 bits per heavy atom. The highest BCUT2D eigenvalue weighted by Gasteiger charge is 2.26. The van der Waals surface area contributed by atoms with E-state index in [1.165, 1.54) is 53.1 Å². The molecule has 0 spiro atoms. The van der Waals surface area contributed by atoms with Gasteiger partial charge in [0.2, 0.25) is 0 Å². The number of hydrogen-bond acceptors (Lipinski definition) is 6. The summed E-state index contributed by atoms with van der Waals surface area (Å²) in [6, 6.07) is 28.5. The first kappa shape index (κ1) is 43.9. The molecule has 6 nitrogen and oxygen atoms in total. The quantitative estimate of drug-likeness (QED) is 0.0685. The van der Waals surface area contributed by atoms with E-state index in [9.17, 15) is 27.2 Å². The molecule has 0 aliphatic heterocycles. The minimum atomic E-state index is -2.83. The Labute approximate surface area is 339 Å². The van der Waals surface area contributed by atoms with Crippen LogP contribution in [0.25, 0.3) is 0 Å². The molecule has 0 bridgehead atoms. The van der Waals surface area contributed by atoms with Gasteiger partial charge in [0.1, 0.15) is 11.5 Å². The summed E-state index contributed by atoms with van der Waals surface area (Å²) in [5, 5.41) is 0. The van der Waals surface area contributed by atoms with E-state index < -0.39 is 13.2 Å². The smallest absolute Gasteiger partial charge is 0.387 e. The van der Waals surface area contributed by atoms with Crippen molar-refractivity contribution in [1.82, 2.24) is 0 Å². The van der Waals surface area contributed by atoms with Crippen LogP contribution in [0, 0.1) is 24.2 Å². The highest BCUT2D eigenvalue weighted by molar-refractivity contribution is 9.10. The first-order chi connectivity index (χ1) is 27.4. The zero-order valence-electron chi connectivity index (χ0n) is 31.4. The lowest BCUT2D eigenvalue weighted by Gasteiger charge is -2.29. The Bertz CT molecular complexity index is 2100. The fraction of sp³-hybridized carbons (Fsp3) is 0.261. The first-order valence-electron chi connectivity index (χ1n) is 18.1. The molecule has 0 saturated heterocycles. The van der Waals surface area contributed by atoms with E-state index in [1.54, 1.807) is 31.2 Å². The molecule has 4 aromatic rings. The van der Waals surface area contributed by atoms with Gasteiger partial charge in [-0.15, -0.1) is 6.42 Å². The number of alkyl halides is 4. The van der Waals surface area contributed by atoms with Crippen LogP contribution < -0.4 is 9.47 Å². The van der Waals surface area contributed by atoms with Crippen molar-refractivity contribution in [2.24, 2.45) is 0 Å². The molecular formula is C46H41BrF4O6. The van der Waals surface area contributed by atoms with E-state index in [0.29, 0.717) is 30.6 Å². The summed E-state index contributed by atoms with van der Waals surface area (Å²) in [4.78, 5) is 22.7. The molecule has 2 aliphatic rings. The van der Waals surface area contributed by atoms with Crippen LogP contribution in [-0.2, 0) is 19.1 Å². The van der Waals surface area contributed by atoms with E-state index >= 15 is 0 Å². The average molecular weight is 846 g/mol. The Balaban J connectivity index is 0.000000210. The first-order valence-corrected chi connectivity index (χ1v) is 18.9. The van der Waals surface area contributed by atoms with Crippen LogP contribution in [-0.4, -0.2) is 38.4 Å². The fourth-order valence-electron chi connectivity index (χ4n) is 5.78. The van der Waals surface area contributed by atoms with Gasteiger partial charge < -0.3 is 18.9 Å². The van der Waals surface area contributed by atoms with Crippen molar-refractivity contribution in [2.75, 3.05) is 13.2 Å². The fourth-order valence-corrected chi connectivity index (χ4v) is 6.20. The topological polar surface area (TPSA) is 71.1 Å². The third-order valence-electron chi connectivity index (χ3n) is 8.61. The number of benzene rings is 4. The van der Waals surface area contributed by atoms with E-state index in [1.807, 2.05) is 37.3 Å². The van der Waals surface area contributed by atoms with Crippen molar-refractivity contribution in [3.05, 3.63) is 153 Å². The van der Waals surface area contributed by atoms with Crippen molar-refractivity contribution in [3.8, 4) is 35.7 Å². The number of esters is 2. The number of allylic oxidation sites excluding steroid dienone is 2. The maximum absolute atomic E-state index is 12.2. The molecule has 2 saturated carbocycles. The van der Waals surface area contributed by atoms with Gasteiger partial charge in [0.15, 0.2) is 0 Å². The van der Waals surface area contributed by atoms with Gasteiger partial charge in [0.25, 0.3) is 0 Å². The second kappa shape index (κ2) is 22.7. The number of halogens is 5. The summed E-state index contributed by atoms with van der Waals surface area (Å²) in [7, 11) is 0. The highest BCUT2D eigenvalue weighted by Crippen LogP contribution is 2.42. The Kier molecular flexibility index (Phi) is 17.5. The summed E-state index contributed by atoms with van der Waals surface area (Å²) in [6.07, 6.45) is 11.9. The van der Waals surface area contributed by atoms with Crippen molar-refractivity contribution >= 4 is 27.9 Å². The summed E-state index contributed by atoms with van der Waals surface area (Å²) in [5.41, 5.74) is 7.05. The molecule has 296 valence electrons. The molecule has 4 aromatic carbocycles. The maximum Gasteiger partial charge on any atom is 0.387 e. The summed E-state index contributed by atoms with van der Waals surface area (Å²) >= 11 is 3.47. The lowest BCUT2D eigenvalue weighted by atomic mass is 9.75. The number of hydrogen-bond donors (Lipinski definition) is 0. The van der Waals surface area contributed by atoms with Crippen LogP contribution in [0.5, 0.6) is 11.5 Å². The molecule has 0 heterocycles. The zero-order chi connectivity index (χ0) is 41.2. The molecule has 0 N–H and O–H groups in total. The van der Waals surface area contributed by atoms with Crippen LogP contribution in [0.2, 0.25) is 0 Å². The minimum Gasteiger partial charge on any atom is -0.463 e. The molecule has 0 unspecified atom stereocenters. The number of carbonyl (C=O) groups excluding carboxylic acids is 2. The number of terminal acetylenes is 1. The molecule has 2 aliphatic carbocycles. The summed E-state index contributed by atoms with van der Waals surface area (Å²) in [6.45, 7) is -1.19. The van der Waals surface area contributed by atoms with Crippen molar-refractivity contribution in [1.29, 1.82) is 0 Å². The molecule has 0 amide bonds. The van der Waals surface area contributed by atoms with Gasteiger partial charge in [-0.3, -0.25) is 0 Å². The number of rotatable bonds is 10. The third-order valence-corrected chi connectivity index (χ3v) is 9.10. The molecule has 2 fully saturated rings. The van der Waals surface area contributed by atoms with Crippen molar-refractivity contribution in [2.45, 2.75) is 64.6 Å². The van der Waals surface area contributed by atoms with Crippen LogP contribution in [0.4, 0.5) is 17.6 Å². The predicted molar refractivity (Wildman–Crippen MR) is 214 cm³/mol. The van der Waals surface area contributed by atoms with Crippen LogP contribution >= 0.6 is 15.9 Å². The normalized spacial score (nSPS) is 15.0. The van der Waals surface area contributed by atoms with Gasteiger partial charge in [0, 0.05) is 33.3 Å². The second-order valence-electron chi connectivity index (χ2n) is 12.7. The van der Waals surface area contributed by atoms with Crippen molar-refractivity contribution < 1.29 is 46.1 Å². The van der Waals surface area contributed by atoms with Gasteiger partial charge in [-0.1, -0.05) is 69.1 Å². The van der Waals surface area contributed by atoms with Crippen LogP contribution in [0.3, 0.4) is 0 Å². The Morgan fingerprint density at radius 1 is 0.667 bits per heavy atom. The minimum absolute atomic E-state index is 0.110. The Morgan fingerprint density at radius 2 is 1.11 bits per heavy atom. The van der Waals surface area contributed by atoms with E-state index in [-0.39, 0.29) is 23.4 Å². The largest absolute Gasteiger partial charge is 0.463 e. The molecule has 0 aromatic heterocycles. The van der Waals surface area contributed by atoms with Gasteiger partial charge in [-0.25, -0.2) is 9.59 Å². The lowest BCUT2D eigenvalue weighted by Crippen LogP contribution is -2.15. The lowest BCUT2D eigenvalue weighted by molar-refractivity contribution is -0.138. The second-order valence-corrected chi connectivity index (χ2v) is 13.6. The monoisotopic (exact) mass is 844 g/mol. The average Bonchev–Trinajstić information content (AvgIpc) is 3.15. The van der Waals surface area contributed by atoms with Crippen LogP contribution in [0.1, 0.15) is 79.2 Å². The standard InChI is InChI=1S/C23H20F2O3.C14H15BrO2.C9H6F2O/c1-2-27-22(26)15-18-13-20(14-18)19-5-3-4-17(12-19)7-6-16-8-10-21(11-9-16)28-23(24)25;1-2-17-14(16)8-10-6-12(7-10)11-4-3-5-13(15)9-11;1-2-7-3-5-8(6-4-7)12-9(10)11/h3-5,8-12,15,20,23H,2,13-14H2,1H3;3-5,8-9,12H,2,6-7H2,1H3;1,3-6,9H. The molecule has 0 radical (unpaired) electrons. The SMILES string of the molecule is C#Cc1ccc(OC(F)F)cc1.CCOC(=O)C=C1CC(c2cccc(Br)c2)C1.CCOC(=O)C=C1CC(c2cccc(C#Cc3ccc(OC(F)F)cc3)c2)C1. The van der Waals surface area contributed by atoms with Crippen LogP contribution in [0.15, 0.2) is 125 Å². The Hall–Kier alpha value is -5.78. The summed E-state index contributed by atoms with van der Waals surface area (Å²) < 4.78 is 67.0. The van der Waals surface area contributed by atoms with Crippen molar-refractivity contribution in [3.63, 3.8) is 0 Å². The predicted octanol–water partition coefficient (Wildman–Crippen LogP) is 11.1.